The van der Waals surface area contributed by atoms with Gasteiger partial charge in [-0.25, -0.2) is 63.9 Å². The van der Waals surface area contributed by atoms with Gasteiger partial charge in [-0.2, -0.15) is 59.8 Å². The number of benzene rings is 3. The molecule has 598 valence electrons. The van der Waals surface area contributed by atoms with Crippen LogP contribution in [0.1, 0.15) is 154 Å². The van der Waals surface area contributed by atoms with Crippen LogP contribution >= 0.6 is 11.6 Å². The zero-order valence-corrected chi connectivity index (χ0v) is 62.8. The maximum atomic E-state index is 13.1. The SMILES string of the molecule is C.CC(=O)O.CCC(=O)Nc1cnc(-c2c(OC)ncnc2C2CC2)nc1NCc1ccc(-n2nc(C(F)(F)F)cc2C)cc1.CCC(=O)Nc1cnc(Cl)nc1NCc1ccc(-n2nc(C(F)(F)F)cc2C)cc1.CCc1nc2cnc(-c3c(OC)ncnc3C3CC3)nc2n1Cc1ccc(-n2nc(C(F)(F)F)cc2C)cc1. The Morgan fingerprint density at radius 3 is 1.27 bits per heavy atom. The van der Waals surface area contributed by atoms with E-state index in [0.29, 0.717) is 141 Å². The van der Waals surface area contributed by atoms with Crippen LogP contribution in [0.5, 0.6) is 11.8 Å². The fourth-order valence-corrected chi connectivity index (χ4v) is 11.7. The van der Waals surface area contributed by atoms with Crippen molar-refractivity contribution in [3.63, 3.8) is 0 Å². The van der Waals surface area contributed by atoms with Gasteiger partial charge in [0.25, 0.3) is 5.97 Å². The Hall–Kier alpha value is -12.6. The molecule has 28 nitrogen and oxygen atoms in total. The number of methoxy groups -OCH3 is 2. The van der Waals surface area contributed by atoms with Gasteiger partial charge >= 0.3 is 18.5 Å². The summed E-state index contributed by atoms with van der Waals surface area (Å²) in [4.78, 5) is 81.7. The molecule has 0 bridgehead atoms. The maximum Gasteiger partial charge on any atom is 0.435 e. The van der Waals surface area contributed by atoms with Crippen LogP contribution in [0, 0.1) is 20.8 Å². The Labute approximate surface area is 651 Å². The third-order valence-corrected chi connectivity index (χ3v) is 17.6. The highest BCUT2D eigenvalue weighted by Crippen LogP contribution is 2.47. The number of aryl methyl sites for hydroxylation is 4. The number of carboxylic acid groups (broad SMARTS) is 1. The van der Waals surface area contributed by atoms with E-state index in [2.05, 4.69) is 76.4 Å². The van der Waals surface area contributed by atoms with Crippen LogP contribution in [-0.2, 0) is 59.0 Å². The molecule has 0 spiro atoms. The molecule has 12 aromatic rings. The van der Waals surface area contributed by atoms with Gasteiger partial charge in [0, 0.05) is 68.2 Å². The van der Waals surface area contributed by atoms with Crippen LogP contribution in [0.4, 0.5) is 62.5 Å². The molecular weight excluding hydrogens is 1520 g/mol. The Balaban J connectivity index is 0.000000178. The predicted molar refractivity (Wildman–Crippen MR) is 404 cm³/mol. The van der Waals surface area contributed by atoms with Crippen molar-refractivity contribution in [2.24, 2.45) is 0 Å². The van der Waals surface area contributed by atoms with E-state index in [-0.39, 0.29) is 36.9 Å². The summed E-state index contributed by atoms with van der Waals surface area (Å²) in [6, 6.07) is 24.1. The second kappa shape index (κ2) is 35.8. The highest BCUT2D eigenvalue weighted by Gasteiger charge is 2.38. The molecule has 0 unspecified atom stereocenters. The normalized spacial score (nSPS) is 12.6. The smallest absolute Gasteiger partial charge is 0.435 e. The molecule has 0 aliphatic heterocycles. The summed E-state index contributed by atoms with van der Waals surface area (Å²) in [5.74, 6) is 2.65. The molecule has 9 aromatic heterocycles. The van der Waals surface area contributed by atoms with Crippen molar-refractivity contribution in [2.75, 3.05) is 35.5 Å². The number of nitrogens with one attached hydrogen (secondary N) is 4. The number of rotatable bonds is 22. The van der Waals surface area contributed by atoms with E-state index < -0.39 is 41.6 Å². The summed E-state index contributed by atoms with van der Waals surface area (Å²) in [5.41, 5.74) is 7.68. The lowest BCUT2D eigenvalue weighted by molar-refractivity contribution is -0.142. The number of carbonyl (C=O) groups excluding carboxylic acids is 2. The van der Waals surface area contributed by atoms with Crippen LogP contribution in [-0.4, -0.2) is 126 Å². The average Bonchev–Trinajstić information content (AvgIpc) is 1.59. The van der Waals surface area contributed by atoms with Crippen molar-refractivity contribution in [1.82, 2.24) is 88.7 Å². The zero-order valence-electron chi connectivity index (χ0n) is 62.1. The first-order chi connectivity index (χ1) is 53.8. The minimum atomic E-state index is -4.52. The third-order valence-electron chi connectivity index (χ3n) is 17.4. The van der Waals surface area contributed by atoms with Crippen LogP contribution in [0.15, 0.2) is 122 Å². The molecule has 0 atom stereocenters. The van der Waals surface area contributed by atoms with Crippen molar-refractivity contribution in [3.8, 4) is 51.6 Å². The standard InChI is InChI=1S/C27H27F3N8O2.C27H25F3N8O.C19H18ClF3N6O.C2H4O2.CH4/c1-4-21(39)35-19-13-32-25(22-23(17-7-8-17)33-14-34-26(22)40-3)36-24(19)31-12-16-5-9-18(10-6-16)38-15(2)11-20(37-38)27(28,29)30;1-4-21-34-19-12-31-24(22-23(17-7-8-17)32-14-33-26(22)39-3)35-25(19)37(21)13-16-5-9-18(10-6-16)38-15(2)11-20(36-38)27(28,29)30;1-3-16(30)26-14-10-25-18(20)27-17(14)24-9-12-4-6-13(7-5-12)29-11(2)8-15(28-29)19(21,22)23;1-2(3)4;/h5-6,9-11,13-14,17H,4,7-8,12H2,1-3H3,(H,35,39)(H,31,32,36);5-6,9-12,14,17H,4,7-8,13H2,1-3H3;4-8,10H,3,9H2,1-2H3,(H,26,30)(H,24,25,27);1H3,(H,3,4);1H4. The quantitative estimate of drug-likeness (QED) is 0.0311. The number of alkyl halides is 9. The lowest BCUT2D eigenvalue weighted by Gasteiger charge is -2.15. The Morgan fingerprint density at radius 1 is 0.526 bits per heavy atom. The van der Waals surface area contributed by atoms with Crippen LogP contribution in [0.3, 0.4) is 0 Å². The first-order valence-electron chi connectivity index (χ1n) is 35.2. The molecule has 2 fully saturated rings. The van der Waals surface area contributed by atoms with Crippen LogP contribution < -0.4 is 30.7 Å². The predicted octanol–water partition coefficient (Wildman–Crippen LogP) is 15.9. The van der Waals surface area contributed by atoms with Gasteiger partial charge in [-0.1, -0.05) is 64.6 Å². The van der Waals surface area contributed by atoms with E-state index in [9.17, 15) is 49.1 Å². The van der Waals surface area contributed by atoms with Gasteiger partial charge in [-0.3, -0.25) is 14.4 Å². The molecule has 2 aliphatic carbocycles. The molecule has 5 N–H and O–H groups in total. The van der Waals surface area contributed by atoms with E-state index in [1.807, 2.05) is 23.6 Å². The minimum Gasteiger partial charge on any atom is -0.481 e. The molecule has 9 heterocycles. The number of amides is 2. The maximum absolute atomic E-state index is 13.1. The molecule has 14 rings (SSSR count). The summed E-state index contributed by atoms with van der Waals surface area (Å²) >= 11 is 5.84. The first kappa shape index (κ1) is 83.9. The van der Waals surface area contributed by atoms with Gasteiger partial charge in [-0.15, -0.1) is 0 Å². The summed E-state index contributed by atoms with van der Waals surface area (Å²) in [6.45, 7) is 12.4. The summed E-state index contributed by atoms with van der Waals surface area (Å²) in [7, 11) is 3.09. The summed E-state index contributed by atoms with van der Waals surface area (Å²) in [5, 5.41) is 30.3. The lowest BCUT2D eigenvalue weighted by Crippen LogP contribution is -2.14. The van der Waals surface area contributed by atoms with Crippen molar-refractivity contribution >= 4 is 63.6 Å². The Morgan fingerprint density at radius 2 is 0.904 bits per heavy atom. The topological polar surface area (TPSA) is 338 Å². The second-order valence-corrected chi connectivity index (χ2v) is 26.2. The molecule has 0 saturated heterocycles. The van der Waals surface area contributed by atoms with E-state index in [4.69, 9.17) is 45.9 Å². The van der Waals surface area contributed by atoms with Gasteiger partial charge in [0.2, 0.25) is 28.9 Å². The lowest BCUT2D eigenvalue weighted by atomic mass is 10.1. The van der Waals surface area contributed by atoms with Crippen LogP contribution in [0.2, 0.25) is 5.28 Å². The number of imidazole rings is 1. The van der Waals surface area contributed by atoms with Crippen molar-refractivity contribution in [1.29, 1.82) is 0 Å². The van der Waals surface area contributed by atoms with E-state index in [1.54, 1.807) is 109 Å². The van der Waals surface area contributed by atoms with Gasteiger partial charge in [-0.05, 0) is 129 Å². The number of carbonyl (C=O) groups is 3. The molecule has 2 amide bonds. The van der Waals surface area contributed by atoms with E-state index in [0.717, 1.165) is 84.7 Å². The zero-order chi connectivity index (χ0) is 81.2. The molecule has 2 aliphatic rings. The van der Waals surface area contributed by atoms with Crippen molar-refractivity contribution in [3.05, 3.63) is 196 Å². The van der Waals surface area contributed by atoms with E-state index in [1.165, 1.54) is 46.2 Å². The number of nitrogens with zero attached hydrogens (tertiary/aromatic N) is 18. The molecule has 114 heavy (non-hydrogen) atoms. The molecular formula is C76H78ClF9N22O6. The van der Waals surface area contributed by atoms with E-state index >= 15 is 0 Å². The second-order valence-electron chi connectivity index (χ2n) is 25.8. The number of anilines is 4. The fraction of sp³-hybridized carbons (Fsp3) is 0.329. The Kier molecular flexibility index (Phi) is 26.4. The monoisotopic (exact) mass is 1600 g/mol. The van der Waals surface area contributed by atoms with Crippen molar-refractivity contribution < 1.29 is 68.5 Å². The molecule has 2 saturated carbocycles. The van der Waals surface area contributed by atoms with Gasteiger partial charge < -0.3 is 40.4 Å². The molecule has 0 radical (unpaired) electrons. The highest BCUT2D eigenvalue weighted by molar-refractivity contribution is 6.28. The largest absolute Gasteiger partial charge is 0.481 e. The first-order valence-corrected chi connectivity index (χ1v) is 35.6. The summed E-state index contributed by atoms with van der Waals surface area (Å²) in [6.07, 6.45) is -0.512. The molecule has 3 aromatic carbocycles. The fourth-order valence-electron chi connectivity index (χ4n) is 11.6. The highest BCUT2D eigenvalue weighted by atomic mass is 35.5. The number of fused-ring (bicyclic) bond motifs is 1. The minimum absolute atomic E-state index is 0. The number of halogens is 10. The Bertz CT molecular complexity index is 5390. The average molecular weight is 1600 g/mol. The van der Waals surface area contributed by atoms with Crippen molar-refractivity contribution in [2.45, 2.75) is 151 Å². The van der Waals surface area contributed by atoms with Crippen LogP contribution in [0.25, 0.3) is 51.0 Å². The van der Waals surface area contributed by atoms with Gasteiger partial charge in [0.1, 0.15) is 46.5 Å². The number of ether oxygens (including phenoxy) is 2. The number of carboxylic acids is 1. The number of aliphatic carboxylic acids is 1. The van der Waals surface area contributed by atoms with Gasteiger partial charge in [0.05, 0.1) is 67.8 Å². The number of hydrogen-bond acceptors (Lipinski definition) is 21. The third kappa shape index (κ3) is 20.6. The molecule has 38 heteroatoms. The summed E-state index contributed by atoms with van der Waals surface area (Å²) < 4.78 is 134. The number of aromatic nitrogens is 18. The van der Waals surface area contributed by atoms with Gasteiger partial charge in [0.15, 0.2) is 46.0 Å². The number of hydrogen-bond donors (Lipinski definition) is 5.